The Balaban J connectivity index is 1.30. The van der Waals surface area contributed by atoms with Crippen molar-refractivity contribution < 1.29 is 13.2 Å². The molecule has 1 aliphatic rings. The Morgan fingerprint density at radius 3 is 2.58 bits per heavy atom. The predicted molar refractivity (Wildman–Crippen MR) is 155 cm³/mol. The average molecular weight is 575 g/mol. The van der Waals surface area contributed by atoms with E-state index in [0.29, 0.717) is 41.6 Å². The molecule has 0 spiro atoms. The summed E-state index contributed by atoms with van der Waals surface area (Å²) < 4.78 is 28.2. The Morgan fingerprint density at radius 2 is 1.80 bits per heavy atom. The Hall–Kier alpha value is -3.99. The van der Waals surface area contributed by atoms with Crippen molar-refractivity contribution in [2.45, 2.75) is 23.7 Å². The molecule has 1 atom stereocenters. The third-order valence-corrected chi connectivity index (χ3v) is 9.77. The van der Waals surface area contributed by atoms with Crippen molar-refractivity contribution in [2.75, 3.05) is 25.4 Å². The Morgan fingerprint density at radius 1 is 1.02 bits per heavy atom. The number of aryl methyl sites for hydroxylation is 1. The molecule has 3 aromatic carbocycles. The van der Waals surface area contributed by atoms with Crippen LogP contribution in [0.3, 0.4) is 0 Å². The number of hydrogen-bond donors (Lipinski definition) is 2. The predicted octanol–water partition coefficient (Wildman–Crippen LogP) is 4.47. The van der Waals surface area contributed by atoms with Crippen LogP contribution in [0.25, 0.3) is 21.8 Å². The number of amides is 1. The van der Waals surface area contributed by atoms with E-state index in [4.69, 9.17) is 17.3 Å². The molecule has 0 radical (unpaired) electrons. The van der Waals surface area contributed by atoms with Crippen molar-refractivity contribution in [2.24, 2.45) is 0 Å². The zero-order chi connectivity index (χ0) is 28.0. The number of fused-ring (bicyclic) bond motifs is 2. The lowest BCUT2D eigenvalue weighted by Crippen LogP contribution is -2.52. The van der Waals surface area contributed by atoms with Crippen molar-refractivity contribution in [3.05, 3.63) is 94.9 Å². The van der Waals surface area contributed by atoms with Gasteiger partial charge in [-0.2, -0.15) is 0 Å². The summed E-state index contributed by atoms with van der Waals surface area (Å²) in [5.41, 5.74) is 9.82. The van der Waals surface area contributed by atoms with E-state index in [2.05, 4.69) is 15.0 Å². The van der Waals surface area contributed by atoms with Gasteiger partial charge in [0, 0.05) is 42.1 Å². The van der Waals surface area contributed by atoms with E-state index >= 15 is 0 Å². The second kappa shape index (κ2) is 10.2. The van der Waals surface area contributed by atoms with Crippen LogP contribution in [0.15, 0.2) is 78.1 Å². The maximum Gasteiger partial charge on any atom is 0.237 e. The van der Waals surface area contributed by atoms with Gasteiger partial charge in [-0.15, -0.1) is 0 Å². The maximum absolute atomic E-state index is 14.1. The lowest BCUT2D eigenvalue weighted by Gasteiger charge is -2.38. The molecule has 5 aromatic rings. The van der Waals surface area contributed by atoms with Crippen LogP contribution in [0.2, 0.25) is 5.02 Å². The summed E-state index contributed by atoms with van der Waals surface area (Å²) in [7, 11) is -3.88. The lowest BCUT2D eigenvalue weighted by atomic mass is 10.1. The van der Waals surface area contributed by atoms with Gasteiger partial charge in [0.05, 0.1) is 22.0 Å². The number of aromatic amines is 1. The smallest absolute Gasteiger partial charge is 0.237 e. The zero-order valence-electron chi connectivity index (χ0n) is 21.7. The molecule has 3 N–H and O–H groups in total. The molecule has 40 heavy (non-hydrogen) atoms. The van der Waals surface area contributed by atoms with Gasteiger partial charge in [-0.05, 0) is 48.4 Å². The van der Waals surface area contributed by atoms with Gasteiger partial charge in [0.15, 0.2) is 9.84 Å². The number of hydrogen-bond acceptors (Lipinski definition) is 7. The Labute approximate surface area is 236 Å². The average Bonchev–Trinajstić information content (AvgIpc) is 3.30. The minimum absolute atomic E-state index is 0.0397. The van der Waals surface area contributed by atoms with Crippen molar-refractivity contribution in [3.63, 3.8) is 0 Å². The Bertz CT molecular complexity index is 1860. The van der Waals surface area contributed by atoms with Crippen molar-refractivity contribution in [1.82, 2.24) is 24.8 Å². The fraction of sp³-hybridized carbons (Fsp3) is 0.207. The van der Waals surface area contributed by atoms with Crippen LogP contribution in [-0.4, -0.2) is 58.7 Å². The van der Waals surface area contributed by atoms with E-state index in [0.717, 1.165) is 27.4 Å². The number of H-pyrrole nitrogens is 1. The second-order valence-electron chi connectivity index (χ2n) is 10.0. The summed E-state index contributed by atoms with van der Waals surface area (Å²) in [6, 6.07) is 17.9. The number of nitrogen functional groups attached to an aromatic ring is 1. The number of carbonyl (C=O) groups excluding carboxylic acids is 1. The summed E-state index contributed by atoms with van der Waals surface area (Å²) in [6.07, 6.45) is 3.09. The number of piperazine rings is 1. The molecule has 0 saturated carbocycles. The van der Waals surface area contributed by atoms with Crippen LogP contribution in [0, 0.1) is 6.92 Å². The highest BCUT2D eigenvalue weighted by atomic mass is 35.5. The number of anilines is 1. The number of benzene rings is 3. The fourth-order valence-corrected chi connectivity index (χ4v) is 7.31. The number of sulfone groups is 1. The third kappa shape index (κ3) is 4.78. The molecule has 6 rings (SSSR count). The molecule has 2 aromatic heterocycles. The molecule has 9 nitrogen and oxygen atoms in total. The van der Waals surface area contributed by atoms with Gasteiger partial charge < -0.3 is 15.6 Å². The van der Waals surface area contributed by atoms with Gasteiger partial charge >= 0.3 is 0 Å². The minimum atomic E-state index is -3.88. The minimum Gasteiger partial charge on any atom is -0.383 e. The van der Waals surface area contributed by atoms with E-state index in [1.54, 1.807) is 52.4 Å². The molecule has 204 valence electrons. The number of rotatable bonds is 6. The summed E-state index contributed by atoms with van der Waals surface area (Å²) in [4.78, 5) is 28.5. The highest BCUT2D eigenvalue weighted by Crippen LogP contribution is 2.36. The molecule has 0 aliphatic carbocycles. The first-order valence-corrected chi connectivity index (χ1v) is 14.7. The number of aromatic nitrogens is 3. The van der Waals surface area contributed by atoms with Gasteiger partial charge in [0.2, 0.25) is 5.91 Å². The number of halogens is 1. The van der Waals surface area contributed by atoms with Gasteiger partial charge in [-0.3, -0.25) is 9.69 Å². The molecule has 1 saturated heterocycles. The fourth-order valence-electron chi connectivity index (χ4n) is 5.24. The molecule has 3 heterocycles. The summed E-state index contributed by atoms with van der Waals surface area (Å²) in [5.74, 6) is 0.253. The summed E-state index contributed by atoms with van der Waals surface area (Å²) >= 11 is 6.27. The van der Waals surface area contributed by atoms with E-state index in [1.165, 1.54) is 6.33 Å². The normalized spacial score (nSPS) is 15.7. The Kier molecular flexibility index (Phi) is 6.69. The second-order valence-corrected chi connectivity index (χ2v) is 12.5. The van der Waals surface area contributed by atoms with Crippen molar-refractivity contribution in [3.8, 4) is 0 Å². The van der Waals surface area contributed by atoms with E-state index in [9.17, 15) is 13.2 Å². The monoisotopic (exact) mass is 574 g/mol. The van der Waals surface area contributed by atoms with Crippen LogP contribution < -0.4 is 5.73 Å². The number of nitrogens with two attached hydrogens (primary N) is 1. The van der Waals surface area contributed by atoms with Crippen LogP contribution in [0.1, 0.15) is 22.1 Å². The lowest BCUT2D eigenvalue weighted by molar-refractivity contribution is -0.137. The molecule has 1 fully saturated rings. The first-order valence-electron chi connectivity index (χ1n) is 12.8. The van der Waals surface area contributed by atoms with Gasteiger partial charge in [0.25, 0.3) is 0 Å². The highest BCUT2D eigenvalue weighted by molar-refractivity contribution is 7.91. The van der Waals surface area contributed by atoms with Gasteiger partial charge in [-0.1, -0.05) is 47.5 Å². The topological polar surface area (TPSA) is 125 Å². The number of carbonyl (C=O) groups is 1. The number of nitrogens with zero attached hydrogens (tertiary/aromatic N) is 4. The van der Waals surface area contributed by atoms with Crippen molar-refractivity contribution >= 4 is 55.0 Å². The SMILES string of the molecule is Cc1ccc(S(=O)(=O)C(c2ccc3c(Cl)c[nH]c3c2)N2CCN(Cc3ccc4c(N)ncnc4c3)C(=O)C2)cc1. The number of nitrogens with one attached hydrogen (secondary N) is 1. The highest BCUT2D eigenvalue weighted by Gasteiger charge is 2.38. The molecule has 11 heteroatoms. The van der Waals surface area contributed by atoms with Crippen molar-refractivity contribution in [1.29, 1.82) is 0 Å². The molecule has 0 bridgehead atoms. The van der Waals surface area contributed by atoms with Crippen LogP contribution >= 0.6 is 11.6 Å². The maximum atomic E-state index is 14.1. The van der Waals surface area contributed by atoms with E-state index < -0.39 is 15.2 Å². The molecular formula is C29H27ClN6O3S. The van der Waals surface area contributed by atoms with Gasteiger partial charge in [0.1, 0.15) is 17.5 Å². The van der Waals surface area contributed by atoms with Gasteiger partial charge in [-0.25, -0.2) is 18.4 Å². The van der Waals surface area contributed by atoms with Crippen LogP contribution in [0.4, 0.5) is 5.82 Å². The van der Waals surface area contributed by atoms with E-state index in [1.807, 2.05) is 31.2 Å². The molecular weight excluding hydrogens is 548 g/mol. The molecule has 1 aliphatic heterocycles. The summed E-state index contributed by atoms with van der Waals surface area (Å²) in [5, 5.41) is 1.08. The first kappa shape index (κ1) is 26.2. The van der Waals surface area contributed by atoms with E-state index in [-0.39, 0.29) is 17.3 Å². The first-order chi connectivity index (χ1) is 19.2. The molecule has 1 unspecified atom stereocenters. The third-order valence-electron chi connectivity index (χ3n) is 7.37. The zero-order valence-corrected chi connectivity index (χ0v) is 23.3. The van der Waals surface area contributed by atoms with Crippen LogP contribution in [-0.2, 0) is 21.2 Å². The van der Waals surface area contributed by atoms with Crippen LogP contribution in [0.5, 0.6) is 0 Å². The summed E-state index contributed by atoms with van der Waals surface area (Å²) in [6.45, 7) is 3.01. The quantitative estimate of drug-likeness (QED) is 0.306. The molecule has 1 amide bonds. The largest absolute Gasteiger partial charge is 0.383 e. The standard InChI is InChI=1S/C29H27ClN6O3S/c1-18-2-6-21(7-3-18)40(38,39)29(20-5-9-22-24(30)14-32-26(22)13-20)36-11-10-35(27(37)16-36)15-19-4-8-23-25(12-19)33-17-34-28(23)31/h2-9,12-14,17,29,32H,10-11,15-16H2,1H3,(H2,31,33,34).